The van der Waals surface area contributed by atoms with Crippen molar-refractivity contribution < 1.29 is 17.9 Å². The van der Waals surface area contributed by atoms with E-state index in [-0.39, 0.29) is 18.5 Å². The van der Waals surface area contributed by atoms with Gasteiger partial charge in [0.1, 0.15) is 17.7 Å². The highest BCUT2D eigenvalue weighted by atomic mass is 32.2. The van der Waals surface area contributed by atoms with Crippen LogP contribution >= 0.6 is 0 Å². The van der Waals surface area contributed by atoms with Crippen LogP contribution in [-0.2, 0) is 16.8 Å². The van der Waals surface area contributed by atoms with Crippen LogP contribution in [0.4, 0.5) is 10.5 Å². The van der Waals surface area contributed by atoms with Gasteiger partial charge in [0.15, 0.2) is 0 Å². The first kappa shape index (κ1) is 26.9. The Bertz CT molecular complexity index is 1470. The predicted molar refractivity (Wildman–Crippen MR) is 148 cm³/mol. The lowest BCUT2D eigenvalue weighted by Gasteiger charge is -2.32. The number of nitrogens with zero attached hydrogens (tertiary/aromatic N) is 2. The minimum absolute atomic E-state index is 0.0238. The fourth-order valence-electron chi connectivity index (χ4n) is 4.41. The van der Waals surface area contributed by atoms with Crippen LogP contribution in [0.15, 0.2) is 60.7 Å². The number of urea groups is 1. The summed E-state index contributed by atoms with van der Waals surface area (Å²) in [6.45, 7) is 3.36. The SMILES string of the molecule is CC(=N)N1CCC(Oc2ccc(N(Cc3ccc4ccc(C(=N)N)cc4c3)C(=O)NS(N)(=O)=O)cc2)CC1. The molecule has 3 aromatic carbocycles. The molecule has 200 valence electrons. The number of ether oxygens (including phenoxy) is 1. The van der Waals surface area contributed by atoms with Gasteiger partial charge in [-0.2, -0.15) is 8.42 Å². The van der Waals surface area contributed by atoms with Crippen molar-refractivity contribution in [3.05, 3.63) is 71.8 Å². The summed E-state index contributed by atoms with van der Waals surface area (Å²) >= 11 is 0. The van der Waals surface area contributed by atoms with Gasteiger partial charge in [-0.3, -0.25) is 15.7 Å². The molecule has 7 N–H and O–H groups in total. The minimum atomic E-state index is -4.28. The second-order valence-electron chi connectivity index (χ2n) is 9.23. The number of nitrogens with two attached hydrogens (primary N) is 2. The zero-order valence-corrected chi connectivity index (χ0v) is 21.8. The van der Waals surface area contributed by atoms with Crippen molar-refractivity contribution in [3.8, 4) is 5.75 Å². The summed E-state index contributed by atoms with van der Waals surface area (Å²) in [6, 6.07) is 16.9. The van der Waals surface area contributed by atoms with Crippen molar-refractivity contribution in [2.45, 2.75) is 32.4 Å². The third-order valence-corrected chi connectivity index (χ3v) is 6.86. The van der Waals surface area contributed by atoms with Gasteiger partial charge >= 0.3 is 6.03 Å². The van der Waals surface area contributed by atoms with Crippen LogP contribution in [0.2, 0.25) is 0 Å². The third-order valence-electron chi connectivity index (χ3n) is 6.40. The van der Waals surface area contributed by atoms with Crippen LogP contribution in [0.3, 0.4) is 0 Å². The number of likely N-dealkylation sites (tertiary alicyclic amines) is 1. The van der Waals surface area contributed by atoms with E-state index in [2.05, 4.69) is 0 Å². The van der Waals surface area contributed by atoms with Gasteiger partial charge in [0, 0.05) is 37.2 Å². The van der Waals surface area contributed by atoms with E-state index in [9.17, 15) is 13.2 Å². The van der Waals surface area contributed by atoms with Gasteiger partial charge in [0.25, 0.3) is 10.2 Å². The summed E-state index contributed by atoms with van der Waals surface area (Å²) in [5.74, 6) is 1.13. The molecule has 1 heterocycles. The zero-order valence-electron chi connectivity index (χ0n) is 21.0. The van der Waals surface area contributed by atoms with Crippen LogP contribution in [0.5, 0.6) is 5.75 Å². The van der Waals surface area contributed by atoms with E-state index in [0.717, 1.165) is 42.3 Å². The van der Waals surface area contributed by atoms with E-state index in [1.807, 2.05) is 33.9 Å². The number of nitrogens with one attached hydrogen (secondary N) is 3. The van der Waals surface area contributed by atoms with Gasteiger partial charge in [0.2, 0.25) is 0 Å². The van der Waals surface area contributed by atoms with Crippen molar-refractivity contribution in [2.75, 3.05) is 18.0 Å². The zero-order chi connectivity index (χ0) is 27.4. The van der Waals surface area contributed by atoms with E-state index in [1.54, 1.807) is 43.3 Å². The lowest BCUT2D eigenvalue weighted by molar-refractivity contribution is 0.130. The summed E-state index contributed by atoms with van der Waals surface area (Å²) in [6.07, 6.45) is 1.62. The fourth-order valence-corrected chi connectivity index (χ4v) is 4.76. The number of carbonyl (C=O) groups excluding carboxylic acids is 1. The van der Waals surface area contributed by atoms with Crippen molar-refractivity contribution in [1.82, 2.24) is 9.62 Å². The molecule has 1 fully saturated rings. The van der Waals surface area contributed by atoms with Gasteiger partial charge in [0.05, 0.1) is 12.4 Å². The molecule has 38 heavy (non-hydrogen) atoms. The predicted octanol–water partition coefficient (Wildman–Crippen LogP) is 2.88. The van der Waals surface area contributed by atoms with Crippen LogP contribution in [0.25, 0.3) is 10.8 Å². The highest BCUT2D eigenvalue weighted by Gasteiger charge is 2.22. The Hall–Kier alpha value is -4.16. The summed E-state index contributed by atoms with van der Waals surface area (Å²) in [4.78, 5) is 16.2. The lowest BCUT2D eigenvalue weighted by Crippen LogP contribution is -2.45. The summed E-state index contributed by atoms with van der Waals surface area (Å²) < 4.78 is 31.1. The first-order chi connectivity index (χ1) is 18.0. The molecular formula is C26H31N7O4S. The molecule has 2 amide bonds. The van der Waals surface area contributed by atoms with Gasteiger partial charge in [-0.25, -0.2) is 14.7 Å². The van der Waals surface area contributed by atoms with E-state index in [0.29, 0.717) is 22.8 Å². The number of carbonyl (C=O) groups is 1. The van der Waals surface area contributed by atoms with Gasteiger partial charge < -0.3 is 15.4 Å². The molecule has 1 saturated heterocycles. The molecular weight excluding hydrogens is 506 g/mol. The molecule has 0 aromatic heterocycles. The number of rotatable bonds is 7. The Labute approximate surface area is 221 Å². The van der Waals surface area contributed by atoms with Gasteiger partial charge in [-0.05, 0) is 59.7 Å². The maximum atomic E-state index is 12.9. The molecule has 0 spiro atoms. The molecule has 11 nitrogen and oxygen atoms in total. The number of amides is 2. The first-order valence-electron chi connectivity index (χ1n) is 12.0. The molecule has 0 unspecified atom stereocenters. The molecule has 3 aromatic rings. The number of piperidine rings is 1. The van der Waals surface area contributed by atoms with Crippen molar-refractivity contribution in [1.29, 1.82) is 10.8 Å². The summed E-state index contributed by atoms with van der Waals surface area (Å²) in [7, 11) is -4.28. The van der Waals surface area contributed by atoms with Crippen molar-refractivity contribution >= 4 is 44.4 Å². The Morgan fingerprint density at radius 2 is 1.71 bits per heavy atom. The Morgan fingerprint density at radius 1 is 1.05 bits per heavy atom. The van der Waals surface area contributed by atoms with Crippen LogP contribution in [0, 0.1) is 10.8 Å². The van der Waals surface area contributed by atoms with Gasteiger partial charge in [-0.1, -0.05) is 24.3 Å². The van der Waals surface area contributed by atoms with Crippen molar-refractivity contribution in [3.63, 3.8) is 0 Å². The third kappa shape index (κ3) is 6.78. The molecule has 0 bridgehead atoms. The monoisotopic (exact) mass is 537 g/mol. The minimum Gasteiger partial charge on any atom is -0.490 e. The second-order valence-corrected chi connectivity index (χ2v) is 10.5. The highest BCUT2D eigenvalue weighted by molar-refractivity contribution is 7.87. The Kier molecular flexibility index (Phi) is 7.83. The maximum Gasteiger partial charge on any atom is 0.336 e. The number of amidine groups is 2. The molecule has 0 aliphatic carbocycles. The smallest absolute Gasteiger partial charge is 0.336 e. The fraction of sp³-hybridized carbons (Fsp3) is 0.269. The van der Waals surface area contributed by atoms with Crippen LogP contribution < -0.4 is 25.2 Å². The molecule has 12 heteroatoms. The van der Waals surface area contributed by atoms with Gasteiger partial charge in [-0.15, -0.1) is 0 Å². The normalized spacial score (nSPS) is 14.2. The Morgan fingerprint density at radius 3 is 2.32 bits per heavy atom. The van der Waals surface area contributed by atoms with Crippen LogP contribution in [0.1, 0.15) is 30.9 Å². The number of benzene rings is 3. The lowest BCUT2D eigenvalue weighted by atomic mass is 10.0. The van der Waals surface area contributed by atoms with Crippen molar-refractivity contribution in [2.24, 2.45) is 10.9 Å². The largest absolute Gasteiger partial charge is 0.490 e. The highest BCUT2D eigenvalue weighted by Crippen LogP contribution is 2.26. The molecule has 1 aliphatic heterocycles. The van der Waals surface area contributed by atoms with E-state index in [1.165, 1.54) is 4.90 Å². The van der Waals surface area contributed by atoms with E-state index in [4.69, 9.17) is 26.4 Å². The maximum absolute atomic E-state index is 12.9. The molecule has 0 atom stereocenters. The van der Waals surface area contributed by atoms with E-state index >= 15 is 0 Å². The second kappa shape index (κ2) is 11.1. The molecule has 0 radical (unpaired) electrons. The molecule has 4 rings (SSSR count). The quantitative estimate of drug-likeness (QED) is 0.228. The Balaban J connectivity index is 1.55. The number of anilines is 1. The number of fused-ring (bicyclic) bond motifs is 1. The standard InChI is InChI=1S/C26H31N7O4S/c1-17(27)32-12-10-24(11-13-32)37-23-8-6-22(7-9-23)33(26(34)31-38(30,35)36)16-18-2-3-19-4-5-20(25(28)29)15-21(19)14-18/h2-9,14-15,24,27H,10-13,16H2,1H3,(H3,28,29)(H,31,34)(H2,30,35,36). The average molecular weight is 538 g/mol. The average Bonchev–Trinajstić information content (AvgIpc) is 2.86. The molecule has 1 aliphatic rings. The van der Waals surface area contributed by atoms with E-state index < -0.39 is 16.2 Å². The number of nitrogen functional groups attached to an aromatic ring is 1. The van der Waals surface area contributed by atoms with Crippen LogP contribution in [-0.4, -0.2) is 50.2 Å². The number of hydrogen-bond acceptors (Lipinski definition) is 6. The first-order valence-corrected chi connectivity index (χ1v) is 13.6. The summed E-state index contributed by atoms with van der Waals surface area (Å²) in [5.41, 5.74) is 7.38. The molecule has 0 saturated carbocycles. The summed E-state index contributed by atoms with van der Waals surface area (Å²) in [5, 5.41) is 22.3. The topological polar surface area (TPSA) is 179 Å². The number of hydrogen-bond donors (Lipinski definition) is 5.